The third kappa shape index (κ3) is 7.68. The molecule has 0 bridgehead atoms. The lowest BCUT2D eigenvalue weighted by molar-refractivity contribution is -0.138. The van der Waals surface area contributed by atoms with Crippen LogP contribution in [0.25, 0.3) is 0 Å². The predicted octanol–water partition coefficient (Wildman–Crippen LogP) is 2.21. The summed E-state index contributed by atoms with van der Waals surface area (Å²) in [5.74, 6) is -0.953. The van der Waals surface area contributed by atoms with E-state index in [1.165, 1.54) is 18.2 Å². The molecule has 11 heteroatoms. The van der Waals surface area contributed by atoms with Crippen molar-refractivity contribution in [2.24, 2.45) is 0 Å². The zero-order valence-electron chi connectivity index (χ0n) is 19.0. The van der Waals surface area contributed by atoms with Gasteiger partial charge in [-0.05, 0) is 36.8 Å². The molecule has 0 saturated carbocycles. The van der Waals surface area contributed by atoms with E-state index < -0.39 is 15.9 Å². The minimum absolute atomic E-state index is 0.0512. The molecule has 3 rings (SSSR count). The van der Waals surface area contributed by atoms with Crippen LogP contribution >= 0.6 is 11.6 Å². The SMILES string of the molecule is CC1CN(Cc2ccc(F)cc2)CCN1C(=O)COc1cc(Cl)ccc1CC(=O)NS(C)(=O)=O. The molecule has 0 aromatic heterocycles. The molecular formula is C23H27ClFN3O5S. The monoisotopic (exact) mass is 511 g/mol. The Hall–Kier alpha value is -2.69. The first-order valence-electron chi connectivity index (χ1n) is 10.7. The quantitative estimate of drug-likeness (QED) is 0.584. The number of hydrogen-bond donors (Lipinski definition) is 1. The zero-order valence-corrected chi connectivity index (χ0v) is 20.5. The average molecular weight is 512 g/mol. The number of hydrogen-bond acceptors (Lipinski definition) is 6. The number of rotatable bonds is 8. The van der Waals surface area contributed by atoms with Crippen molar-refractivity contribution in [2.75, 3.05) is 32.5 Å². The van der Waals surface area contributed by atoms with Gasteiger partial charge in [0.15, 0.2) is 6.61 Å². The van der Waals surface area contributed by atoms with Gasteiger partial charge < -0.3 is 9.64 Å². The van der Waals surface area contributed by atoms with Crippen LogP contribution in [0.1, 0.15) is 18.1 Å². The van der Waals surface area contributed by atoms with Crippen LogP contribution < -0.4 is 9.46 Å². The maximum atomic E-state index is 13.1. The maximum Gasteiger partial charge on any atom is 0.260 e. The van der Waals surface area contributed by atoms with Crippen molar-refractivity contribution in [1.29, 1.82) is 0 Å². The smallest absolute Gasteiger partial charge is 0.260 e. The molecule has 0 radical (unpaired) electrons. The van der Waals surface area contributed by atoms with Gasteiger partial charge in [-0.25, -0.2) is 12.8 Å². The number of nitrogens with one attached hydrogen (secondary N) is 1. The van der Waals surface area contributed by atoms with Gasteiger partial charge in [-0.1, -0.05) is 29.8 Å². The average Bonchev–Trinajstić information content (AvgIpc) is 2.74. The molecule has 0 spiro atoms. The first-order chi connectivity index (χ1) is 16.0. The lowest BCUT2D eigenvalue weighted by atomic mass is 10.1. The van der Waals surface area contributed by atoms with E-state index in [0.29, 0.717) is 36.8 Å². The molecule has 1 atom stereocenters. The fourth-order valence-electron chi connectivity index (χ4n) is 3.84. The number of ether oxygens (including phenoxy) is 1. The Balaban J connectivity index is 1.56. The van der Waals surface area contributed by atoms with Crippen LogP contribution in [0, 0.1) is 5.82 Å². The summed E-state index contributed by atoms with van der Waals surface area (Å²) in [6.45, 7) is 4.23. The fourth-order valence-corrected chi connectivity index (χ4v) is 4.49. The van der Waals surface area contributed by atoms with E-state index in [0.717, 1.165) is 11.8 Å². The third-order valence-electron chi connectivity index (χ3n) is 5.38. The van der Waals surface area contributed by atoms with Crippen molar-refractivity contribution in [3.8, 4) is 5.75 Å². The molecule has 1 N–H and O–H groups in total. The second-order valence-electron chi connectivity index (χ2n) is 8.31. The Morgan fingerprint density at radius 2 is 1.88 bits per heavy atom. The van der Waals surface area contributed by atoms with Crippen molar-refractivity contribution >= 4 is 33.4 Å². The minimum Gasteiger partial charge on any atom is -0.483 e. The van der Waals surface area contributed by atoms with E-state index in [2.05, 4.69) is 4.90 Å². The van der Waals surface area contributed by atoms with Gasteiger partial charge in [-0.2, -0.15) is 0 Å². The highest BCUT2D eigenvalue weighted by Crippen LogP contribution is 2.24. The zero-order chi connectivity index (χ0) is 24.9. The highest BCUT2D eigenvalue weighted by Gasteiger charge is 2.28. The second kappa shape index (κ2) is 11.2. The molecular weight excluding hydrogens is 485 g/mol. The largest absolute Gasteiger partial charge is 0.483 e. The Bertz CT molecular complexity index is 1140. The van der Waals surface area contributed by atoms with E-state index in [-0.39, 0.29) is 36.5 Å². The number of halogens is 2. The number of carbonyl (C=O) groups excluding carboxylic acids is 2. The Morgan fingerprint density at radius 3 is 2.53 bits per heavy atom. The molecule has 2 amide bonds. The molecule has 1 saturated heterocycles. The van der Waals surface area contributed by atoms with Crippen molar-refractivity contribution < 1.29 is 27.1 Å². The van der Waals surface area contributed by atoms with Gasteiger partial charge in [0.05, 0.1) is 12.7 Å². The lowest BCUT2D eigenvalue weighted by Gasteiger charge is -2.39. The van der Waals surface area contributed by atoms with Crippen molar-refractivity contribution in [3.05, 3.63) is 64.4 Å². The molecule has 1 fully saturated rings. The summed E-state index contributed by atoms with van der Waals surface area (Å²) in [6.07, 6.45) is 0.648. The number of carbonyl (C=O) groups is 2. The summed E-state index contributed by atoms with van der Waals surface area (Å²) in [5, 5.41) is 0.359. The number of amides is 2. The highest BCUT2D eigenvalue weighted by atomic mass is 35.5. The Morgan fingerprint density at radius 1 is 1.18 bits per heavy atom. The van der Waals surface area contributed by atoms with Crippen LogP contribution in [0.15, 0.2) is 42.5 Å². The molecule has 2 aromatic carbocycles. The van der Waals surface area contributed by atoms with Gasteiger partial charge in [0.25, 0.3) is 5.91 Å². The third-order valence-corrected chi connectivity index (χ3v) is 6.22. The summed E-state index contributed by atoms with van der Waals surface area (Å²) in [6, 6.07) is 10.9. The summed E-state index contributed by atoms with van der Waals surface area (Å²) in [5.41, 5.74) is 1.42. The second-order valence-corrected chi connectivity index (χ2v) is 10.5. The number of piperazine rings is 1. The molecule has 0 aliphatic carbocycles. The summed E-state index contributed by atoms with van der Waals surface area (Å²) in [4.78, 5) is 28.8. The van der Waals surface area contributed by atoms with Gasteiger partial charge in [0.2, 0.25) is 15.9 Å². The summed E-state index contributed by atoms with van der Waals surface area (Å²) in [7, 11) is -3.69. The van der Waals surface area contributed by atoms with E-state index in [1.54, 1.807) is 29.2 Å². The minimum atomic E-state index is -3.69. The van der Waals surface area contributed by atoms with Crippen LogP contribution in [0.4, 0.5) is 4.39 Å². The molecule has 8 nitrogen and oxygen atoms in total. The first kappa shape index (κ1) is 25.9. The standard InChI is InChI=1S/C23H27ClFN3O5S/c1-16-13-27(14-17-3-7-20(25)8-4-17)9-10-28(16)23(30)15-33-21-12-19(24)6-5-18(21)11-22(29)26-34(2,31)32/h3-8,12,16H,9-11,13-15H2,1-2H3,(H,26,29). The number of sulfonamides is 1. The molecule has 184 valence electrons. The van der Waals surface area contributed by atoms with E-state index in [9.17, 15) is 22.4 Å². The van der Waals surface area contributed by atoms with Gasteiger partial charge in [-0.3, -0.25) is 19.2 Å². The van der Waals surface area contributed by atoms with Crippen LogP contribution in [0.5, 0.6) is 5.75 Å². The van der Waals surface area contributed by atoms with Crippen molar-refractivity contribution in [2.45, 2.75) is 25.9 Å². The van der Waals surface area contributed by atoms with Crippen molar-refractivity contribution in [1.82, 2.24) is 14.5 Å². The number of benzene rings is 2. The van der Waals surface area contributed by atoms with Gasteiger partial charge in [-0.15, -0.1) is 0 Å². The molecule has 1 aliphatic heterocycles. The predicted molar refractivity (Wildman–Crippen MR) is 126 cm³/mol. The van der Waals surface area contributed by atoms with Crippen molar-refractivity contribution in [3.63, 3.8) is 0 Å². The van der Waals surface area contributed by atoms with Crippen LogP contribution in [0.2, 0.25) is 5.02 Å². The molecule has 1 aliphatic rings. The molecule has 1 heterocycles. The van der Waals surface area contributed by atoms with E-state index in [4.69, 9.17) is 16.3 Å². The normalized spacial score (nSPS) is 16.8. The maximum absolute atomic E-state index is 13.1. The lowest BCUT2D eigenvalue weighted by Crippen LogP contribution is -2.54. The van der Waals surface area contributed by atoms with Gasteiger partial charge in [0.1, 0.15) is 11.6 Å². The Kier molecular flexibility index (Phi) is 8.51. The van der Waals surface area contributed by atoms with Gasteiger partial charge in [0, 0.05) is 42.8 Å². The van der Waals surface area contributed by atoms with Crippen LogP contribution in [-0.4, -0.2) is 68.6 Å². The van der Waals surface area contributed by atoms with E-state index in [1.807, 2.05) is 11.6 Å². The first-order valence-corrected chi connectivity index (χ1v) is 13.0. The summed E-state index contributed by atoms with van der Waals surface area (Å²) < 4.78 is 43.3. The fraction of sp³-hybridized carbons (Fsp3) is 0.391. The topological polar surface area (TPSA) is 96.0 Å². The number of nitrogens with zero attached hydrogens (tertiary/aromatic N) is 2. The molecule has 34 heavy (non-hydrogen) atoms. The van der Waals surface area contributed by atoms with E-state index >= 15 is 0 Å². The van der Waals surface area contributed by atoms with Gasteiger partial charge >= 0.3 is 0 Å². The molecule has 1 unspecified atom stereocenters. The Labute approximate surface area is 203 Å². The van der Waals surface area contributed by atoms with Crippen LogP contribution in [-0.2, 0) is 32.6 Å². The highest BCUT2D eigenvalue weighted by molar-refractivity contribution is 7.89. The van der Waals surface area contributed by atoms with Crippen LogP contribution in [0.3, 0.4) is 0 Å². The summed E-state index contributed by atoms with van der Waals surface area (Å²) >= 11 is 6.04. The molecule has 2 aromatic rings.